The summed E-state index contributed by atoms with van der Waals surface area (Å²) in [6.45, 7) is 17.0. The fourth-order valence-electron chi connectivity index (χ4n) is 4.51. The first-order valence-corrected chi connectivity index (χ1v) is 18.0. The molecule has 1 N–H and O–H groups in total. The first-order valence-electron chi connectivity index (χ1n) is 14.8. The van der Waals surface area contributed by atoms with Gasteiger partial charge in [0, 0.05) is 43.8 Å². The topological polar surface area (TPSA) is 68.0 Å². The van der Waals surface area contributed by atoms with Crippen LogP contribution in [-0.2, 0) is 4.79 Å². The number of anilines is 1. The minimum Gasteiger partial charge on any atom is -0.431 e. The van der Waals surface area contributed by atoms with Crippen molar-refractivity contribution in [1.29, 1.82) is 0 Å². The summed E-state index contributed by atoms with van der Waals surface area (Å²) in [5.41, 5.74) is 5.72. The number of benzene rings is 1. The van der Waals surface area contributed by atoms with Crippen LogP contribution < -0.4 is 5.32 Å². The summed E-state index contributed by atoms with van der Waals surface area (Å²) in [5.74, 6) is 1.39. The van der Waals surface area contributed by atoms with Crippen molar-refractivity contribution in [3.05, 3.63) is 34.0 Å². The van der Waals surface area contributed by atoms with Gasteiger partial charge in [-0.15, -0.1) is 23.5 Å². The van der Waals surface area contributed by atoms with Gasteiger partial charge in [0.25, 0.3) is 5.22 Å². The first-order chi connectivity index (χ1) is 19.5. The van der Waals surface area contributed by atoms with E-state index in [4.69, 9.17) is 26.0 Å². The van der Waals surface area contributed by atoms with E-state index in [1.807, 2.05) is 19.9 Å². The number of fused-ring (bicyclic) bond motifs is 1. The van der Waals surface area contributed by atoms with Crippen LogP contribution in [0.5, 0.6) is 0 Å². The summed E-state index contributed by atoms with van der Waals surface area (Å²) in [5, 5.41) is 6.43. The first kappa shape index (κ1) is 34.1. The molecule has 0 aliphatic heterocycles. The molecule has 0 atom stereocenters. The number of hydrogen-bond donors (Lipinski definition) is 1. The highest BCUT2D eigenvalue weighted by Gasteiger charge is 2.19. The summed E-state index contributed by atoms with van der Waals surface area (Å²) >= 11 is 11.6. The maximum Gasteiger partial charge on any atom is 0.256 e. The number of aromatic nitrogens is 2. The van der Waals surface area contributed by atoms with Crippen LogP contribution in [0.2, 0.25) is 5.02 Å². The van der Waals surface area contributed by atoms with Crippen molar-refractivity contribution in [2.75, 3.05) is 11.1 Å². The summed E-state index contributed by atoms with van der Waals surface area (Å²) in [4.78, 5) is 23.4. The number of hydrogen-bond acceptors (Lipinski definition) is 7. The largest absolute Gasteiger partial charge is 0.431 e. The van der Waals surface area contributed by atoms with Crippen molar-refractivity contribution < 1.29 is 9.21 Å². The summed E-state index contributed by atoms with van der Waals surface area (Å²) < 4.78 is 6.13. The molecule has 0 radical (unpaired) electrons. The standard InChI is InChI=1S/C32H46ClN3O2S3/c1-19(2)24-18-25(33)23(8)28-30(24)38-32(36-28)39-16-14-12-10-9-11-13-15-27(37)35-29-26(40-20(3)4)17-22(7)34-31(29)41-21(5)6/h17-21H,9-16H2,1-8H3,(H,35,37). The lowest BCUT2D eigenvalue weighted by Crippen LogP contribution is -2.14. The number of oxazole rings is 1. The van der Waals surface area contributed by atoms with Gasteiger partial charge in [-0.05, 0) is 50.3 Å². The normalized spacial score (nSPS) is 11.9. The molecule has 0 saturated heterocycles. The molecule has 9 heteroatoms. The zero-order valence-electron chi connectivity index (χ0n) is 25.9. The van der Waals surface area contributed by atoms with Gasteiger partial charge in [-0.2, -0.15) is 0 Å². The Labute approximate surface area is 264 Å². The summed E-state index contributed by atoms with van der Waals surface area (Å²) in [7, 11) is 0. The van der Waals surface area contributed by atoms with Gasteiger partial charge in [0.05, 0.1) is 5.69 Å². The lowest BCUT2D eigenvalue weighted by Gasteiger charge is -2.18. The number of amides is 1. The Morgan fingerprint density at radius 1 is 0.927 bits per heavy atom. The number of carbonyl (C=O) groups is 1. The number of nitrogens with zero attached hydrogens (tertiary/aromatic N) is 2. The van der Waals surface area contributed by atoms with E-state index in [-0.39, 0.29) is 5.91 Å². The summed E-state index contributed by atoms with van der Waals surface area (Å²) in [6, 6.07) is 4.10. The van der Waals surface area contributed by atoms with E-state index in [0.29, 0.717) is 22.8 Å². The highest BCUT2D eigenvalue weighted by Crippen LogP contribution is 2.39. The molecule has 0 aliphatic carbocycles. The average Bonchev–Trinajstić information content (AvgIpc) is 3.30. The van der Waals surface area contributed by atoms with E-state index in [1.165, 1.54) is 12.8 Å². The molecule has 0 bridgehead atoms. The Kier molecular flexibility index (Phi) is 13.7. The molecular weight excluding hydrogens is 590 g/mol. The van der Waals surface area contributed by atoms with Crippen molar-refractivity contribution in [3.8, 4) is 0 Å². The second kappa shape index (κ2) is 16.5. The van der Waals surface area contributed by atoms with Crippen molar-refractivity contribution in [1.82, 2.24) is 9.97 Å². The van der Waals surface area contributed by atoms with E-state index in [1.54, 1.807) is 35.3 Å². The molecule has 41 heavy (non-hydrogen) atoms. The summed E-state index contributed by atoms with van der Waals surface area (Å²) in [6.07, 6.45) is 7.12. The third-order valence-corrected chi connectivity index (χ3v) is 9.91. The van der Waals surface area contributed by atoms with E-state index in [0.717, 1.165) is 85.2 Å². The van der Waals surface area contributed by atoms with Crippen LogP contribution in [0.1, 0.15) is 109 Å². The monoisotopic (exact) mass is 635 g/mol. The molecular formula is C32H46ClN3O2S3. The van der Waals surface area contributed by atoms with Crippen LogP contribution in [-0.4, -0.2) is 32.1 Å². The van der Waals surface area contributed by atoms with Gasteiger partial charge >= 0.3 is 0 Å². The van der Waals surface area contributed by atoms with Crippen LogP contribution >= 0.6 is 46.9 Å². The predicted molar refractivity (Wildman–Crippen MR) is 180 cm³/mol. The Morgan fingerprint density at radius 3 is 2.24 bits per heavy atom. The minimum absolute atomic E-state index is 0.0822. The van der Waals surface area contributed by atoms with E-state index in [2.05, 4.69) is 52.9 Å². The molecule has 0 saturated carbocycles. The fourth-order valence-corrected chi connectivity index (χ4v) is 7.53. The van der Waals surface area contributed by atoms with Gasteiger partial charge in [-0.25, -0.2) is 9.97 Å². The maximum atomic E-state index is 12.9. The Hall–Kier alpha value is -1.35. The highest BCUT2D eigenvalue weighted by atomic mass is 35.5. The molecule has 1 amide bonds. The Morgan fingerprint density at radius 2 is 1.59 bits per heavy atom. The third kappa shape index (κ3) is 10.4. The molecule has 0 unspecified atom stereocenters. The fraction of sp³-hybridized carbons (Fsp3) is 0.594. The number of thioether (sulfide) groups is 3. The van der Waals surface area contributed by atoms with Gasteiger partial charge in [-0.1, -0.05) is 90.6 Å². The van der Waals surface area contributed by atoms with Crippen LogP contribution in [0.25, 0.3) is 11.1 Å². The van der Waals surface area contributed by atoms with Crippen molar-refractivity contribution in [3.63, 3.8) is 0 Å². The van der Waals surface area contributed by atoms with Crippen LogP contribution in [0.3, 0.4) is 0 Å². The number of nitrogens with one attached hydrogen (secondary N) is 1. The van der Waals surface area contributed by atoms with Gasteiger partial charge in [-0.3, -0.25) is 4.79 Å². The molecule has 2 heterocycles. The minimum atomic E-state index is 0.0822. The number of carbonyl (C=O) groups excluding carboxylic acids is 1. The predicted octanol–water partition coefficient (Wildman–Crippen LogP) is 11.1. The third-order valence-electron chi connectivity index (χ3n) is 6.56. The van der Waals surface area contributed by atoms with Gasteiger partial charge in [0.2, 0.25) is 5.91 Å². The lowest BCUT2D eigenvalue weighted by molar-refractivity contribution is -0.116. The number of halogens is 1. The molecule has 3 rings (SSSR count). The lowest BCUT2D eigenvalue weighted by atomic mass is 10.0. The number of unbranched alkanes of at least 4 members (excludes halogenated alkanes) is 5. The van der Waals surface area contributed by atoms with E-state index < -0.39 is 0 Å². The van der Waals surface area contributed by atoms with Gasteiger partial charge in [0.15, 0.2) is 5.58 Å². The SMILES string of the molecule is Cc1cc(SC(C)C)c(NC(=O)CCCCCCCCSc2nc3c(C)c(Cl)cc(C(C)C)c3o2)c(SC(C)C)n1. The van der Waals surface area contributed by atoms with Crippen LogP contribution in [0.15, 0.2) is 31.7 Å². The second-order valence-corrected chi connectivity index (χ2v) is 16.1. The molecule has 0 fully saturated rings. The van der Waals surface area contributed by atoms with Crippen LogP contribution in [0.4, 0.5) is 5.69 Å². The number of pyridine rings is 1. The molecule has 3 aromatic rings. The molecule has 1 aromatic carbocycles. The molecule has 0 aliphatic rings. The van der Waals surface area contributed by atoms with Gasteiger partial charge < -0.3 is 9.73 Å². The molecule has 2 aromatic heterocycles. The van der Waals surface area contributed by atoms with E-state index >= 15 is 0 Å². The number of aryl methyl sites for hydroxylation is 2. The zero-order valence-corrected chi connectivity index (χ0v) is 29.1. The molecule has 5 nitrogen and oxygen atoms in total. The zero-order chi connectivity index (χ0) is 30.1. The van der Waals surface area contributed by atoms with Crippen molar-refractivity contribution in [2.24, 2.45) is 0 Å². The van der Waals surface area contributed by atoms with Crippen LogP contribution in [0, 0.1) is 13.8 Å². The second-order valence-electron chi connectivity index (χ2n) is 11.4. The maximum absolute atomic E-state index is 12.9. The van der Waals surface area contributed by atoms with Crippen molar-refractivity contribution in [2.45, 2.75) is 132 Å². The average molecular weight is 636 g/mol. The molecule has 226 valence electrons. The smallest absolute Gasteiger partial charge is 0.256 e. The van der Waals surface area contributed by atoms with E-state index in [9.17, 15) is 4.79 Å². The molecule has 0 spiro atoms. The highest BCUT2D eigenvalue weighted by molar-refractivity contribution is 8.01. The Balaban J connectivity index is 1.39. The van der Waals surface area contributed by atoms with Gasteiger partial charge in [0.1, 0.15) is 10.5 Å². The number of rotatable bonds is 16. The quantitative estimate of drug-likeness (QED) is 0.124. The Bertz CT molecular complexity index is 1280. The van der Waals surface area contributed by atoms with Crippen molar-refractivity contribution >= 4 is 69.6 Å².